The van der Waals surface area contributed by atoms with Gasteiger partial charge in [0.05, 0.1) is 0 Å². The van der Waals surface area contributed by atoms with E-state index in [0.717, 1.165) is 5.56 Å². The number of aliphatic carboxylic acids is 1. The highest BCUT2D eigenvalue weighted by molar-refractivity contribution is 5.96. The van der Waals surface area contributed by atoms with E-state index in [0.29, 0.717) is 23.7 Å². The average molecular weight is 433 g/mol. The summed E-state index contributed by atoms with van der Waals surface area (Å²) in [5.74, 6) is -1.24. The van der Waals surface area contributed by atoms with Crippen LogP contribution in [0.2, 0.25) is 0 Å². The molecule has 0 radical (unpaired) electrons. The molecule has 3 aromatic rings. The van der Waals surface area contributed by atoms with Crippen molar-refractivity contribution in [3.05, 3.63) is 95.6 Å². The van der Waals surface area contributed by atoms with Gasteiger partial charge in [-0.25, -0.2) is 4.79 Å². The van der Waals surface area contributed by atoms with Crippen LogP contribution in [0.5, 0.6) is 11.5 Å². The molecule has 0 aliphatic carbocycles. The molecule has 7 nitrogen and oxygen atoms in total. The third-order valence-electron chi connectivity index (χ3n) is 4.57. The monoisotopic (exact) mass is 433 g/mol. The number of hydrogen-bond donors (Lipinski definition) is 2. The van der Waals surface area contributed by atoms with Crippen molar-refractivity contribution in [2.24, 2.45) is 0 Å². The van der Waals surface area contributed by atoms with Gasteiger partial charge in [0.2, 0.25) is 0 Å². The number of hydrogen-bond acceptors (Lipinski definition) is 5. The molecular formula is C25H23NO6. The molecule has 3 aromatic carbocycles. The van der Waals surface area contributed by atoms with Crippen LogP contribution in [-0.4, -0.2) is 29.0 Å². The van der Waals surface area contributed by atoms with Gasteiger partial charge in [-0.15, -0.1) is 0 Å². The smallest absolute Gasteiger partial charge is 0.326 e. The van der Waals surface area contributed by atoms with Crippen LogP contribution in [0.15, 0.2) is 78.9 Å². The summed E-state index contributed by atoms with van der Waals surface area (Å²) in [4.78, 5) is 35.2. The van der Waals surface area contributed by atoms with Crippen molar-refractivity contribution in [3.63, 3.8) is 0 Å². The second kappa shape index (κ2) is 10.8. The second-order valence-corrected chi connectivity index (χ2v) is 7.11. The predicted octanol–water partition coefficient (Wildman–Crippen LogP) is 3.62. The van der Waals surface area contributed by atoms with Crippen LogP contribution in [0, 0.1) is 0 Å². The number of benzene rings is 3. The summed E-state index contributed by atoms with van der Waals surface area (Å²) < 4.78 is 10.7. The van der Waals surface area contributed by atoms with Gasteiger partial charge in [0.15, 0.2) is 0 Å². The minimum absolute atomic E-state index is 0.0924. The molecule has 1 atom stereocenters. The number of ether oxygens (including phenoxy) is 2. The Morgan fingerprint density at radius 1 is 0.875 bits per heavy atom. The summed E-state index contributed by atoms with van der Waals surface area (Å²) in [6, 6.07) is 21.6. The highest BCUT2D eigenvalue weighted by Gasteiger charge is 2.21. The van der Waals surface area contributed by atoms with Gasteiger partial charge >= 0.3 is 11.9 Å². The lowest BCUT2D eigenvalue weighted by Crippen LogP contribution is -2.42. The summed E-state index contributed by atoms with van der Waals surface area (Å²) in [6.07, 6.45) is 0.0924. The first-order valence-corrected chi connectivity index (χ1v) is 9.98. The van der Waals surface area contributed by atoms with Crippen molar-refractivity contribution >= 4 is 17.8 Å². The predicted molar refractivity (Wildman–Crippen MR) is 118 cm³/mol. The van der Waals surface area contributed by atoms with Gasteiger partial charge in [0, 0.05) is 18.9 Å². The maximum atomic E-state index is 12.5. The Balaban J connectivity index is 1.63. The summed E-state index contributed by atoms with van der Waals surface area (Å²) in [7, 11) is 0. The van der Waals surface area contributed by atoms with Crippen molar-refractivity contribution in [3.8, 4) is 11.5 Å². The van der Waals surface area contributed by atoms with E-state index in [2.05, 4.69) is 5.32 Å². The summed E-state index contributed by atoms with van der Waals surface area (Å²) >= 11 is 0. The molecule has 0 bridgehead atoms. The Morgan fingerprint density at radius 3 is 2.22 bits per heavy atom. The van der Waals surface area contributed by atoms with Crippen LogP contribution in [-0.2, 0) is 22.6 Å². The lowest BCUT2D eigenvalue weighted by molar-refractivity contribution is -0.139. The fraction of sp³-hybridized carbons (Fsp3) is 0.160. The van der Waals surface area contributed by atoms with Crippen molar-refractivity contribution in [1.82, 2.24) is 5.32 Å². The third kappa shape index (κ3) is 6.70. The van der Waals surface area contributed by atoms with Gasteiger partial charge < -0.3 is 19.9 Å². The largest absolute Gasteiger partial charge is 0.489 e. The molecule has 7 heteroatoms. The Kier molecular flexibility index (Phi) is 7.59. The number of esters is 1. The highest BCUT2D eigenvalue weighted by atomic mass is 16.5. The topological polar surface area (TPSA) is 102 Å². The number of rotatable bonds is 9. The molecule has 0 heterocycles. The molecular weight excluding hydrogens is 410 g/mol. The van der Waals surface area contributed by atoms with Crippen LogP contribution >= 0.6 is 0 Å². The Hall–Kier alpha value is -4.13. The summed E-state index contributed by atoms with van der Waals surface area (Å²) in [5.41, 5.74) is 1.99. The fourth-order valence-corrected chi connectivity index (χ4v) is 3.02. The molecule has 1 amide bonds. The fourth-order valence-electron chi connectivity index (χ4n) is 3.02. The van der Waals surface area contributed by atoms with E-state index in [-0.39, 0.29) is 12.0 Å². The number of carboxylic acids is 1. The molecule has 0 aliphatic heterocycles. The van der Waals surface area contributed by atoms with Crippen LogP contribution in [0.1, 0.15) is 28.4 Å². The Bertz CT molecular complexity index is 1080. The van der Waals surface area contributed by atoms with Gasteiger partial charge in [-0.2, -0.15) is 0 Å². The molecule has 0 fully saturated rings. The zero-order valence-corrected chi connectivity index (χ0v) is 17.5. The van der Waals surface area contributed by atoms with Gasteiger partial charge in [-0.1, -0.05) is 42.5 Å². The quantitative estimate of drug-likeness (QED) is 0.395. The zero-order chi connectivity index (χ0) is 22.9. The Morgan fingerprint density at radius 2 is 1.56 bits per heavy atom. The minimum Gasteiger partial charge on any atom is -0.489 e. The first kappa shape index (κ1) is 22.6. The van der Waals surface area contributed by atoms with E-state index < -0.39 is 23.9 Å². The van der Waals surface area contributed by atoms with Crippen LogP contribution in [0.25, 0.3) is 0 Å². The average Bonchev–Trinajstić information content (AvgIpc) is 2.78. The van der Waals surface area contributed by atoms with Gasteiger partial charge in [-0.3, -0.25) is 9.59 Å². The molecule has 2 N–H and O–H groups in total. The SMILES string of the molecule is CC(=O)Oc1ccc(C(=O)N[C@@H](Cc2cccc(OCc3ccccc3)c2)C(=O)O)cc1. The van der Waals surface area contributed by atoms with Crippen molar-refractivity contribution in [2.75, 3.05) is 0 Å². The molecule has 164 valence electrons. The molecule has 0 aliphatic rings. The Labute approximate surface area is 185 Å². The molecule has 3 rings (SSSR count). The van der Waals surface area contributed by atoms with E-state index in [1.165, 1.54) is 31.2 Å². The van der Waals surface area contributed by atoms with E-state index in [9.17, 15) is 19.5 Å². The van der Waals surface area contributed by atoms with Crippen molar-refractivity contribution in [2.45, 2.75) is 26.0 Å². The van der Waals surface area contributed by atoms with E-state index in [4.69, 9.17) is 9.47 Å². The molecule has 0 aromatic heterocycles. The first-order chi connectivity index (χ1) is 15.4. The second-order valence-electron chi connectivity index (χ2n) is 7.11. The van der Waals surface area contributed by atoms with E-state index in [1.54, 1.807) is 24.3 Å². The van der Waals surface area contributed by atoms with Gasteiger partial charge in [0.25, 0.3) is 5.91 Å². The number of carbonyl (C=O) groups excluding carboxylic acids is 2. The maximum absolute atomic E-state index is 12.5. The van der Waals surface area contributed by atoms with Crippen LogP contribution in [0.4, 0.5) is 0 Å². The maximum Gasteiger partial charge on any atom is 0.326 e. The van der Waals surface area contributed by atoms with Crippen LogP contribution in [0.3, 0.4) is 0 Å². The van der Waals surface area contributed by atoms with Gasteiger partial charge in [0.1, 0.15) is 24.1 Å². The van der Waals surface area contributed by atoms with E-state index in [1.807, 2.05) is 30.3 Å². The number of carbonyl (C=O) groups is 3. The molecule has 0 unspecified atom stereocenters. The zero-order valence-electron chi connectivity index (χ0n) is 17.5. The molecule has 0 saturated heterocycles. The van der Waals surface area contributed by atoms with Gasteiger partial charge in [-0.05, 0) is 47.5 Å². The lowest BCUT2D eigenvalue weighted by Gasteiger charge is -2.16. The van der Waals surface area contributed by atoms with Crippen LogP contribution < -0.4 is 14.8 Å². The molecule has 32 heavy (non-hydrogen) atoms. The molecule has 0 spiro atoms. The standard InChI is InChI=1S/C25H23NO6/c1-17(27)32-21-12-10-20(11-13-21)24(28)26-23(25(29)30)15-19-8-5-9-22(14-19)31-16-18-6-3-2-4-7-18/h2-14,23H,15-16H2,1H3,(H,26,28)(H,29,30)/t23-/m0/s1. The third-order valence-corrected chi connectivity index (χ3v) is 4.57. The number of carboxylic acid groups (broad SMARTS) is 1. The highest BCUT2D eigenvalue weighted by Crippen LogP contribution is 2.17. The minimum atomic E-state index is -1.15. The summed E-state index contributed by atoms with van der Waals surface area (Å²) in [5, 5.41) is 12.1. The normalized spacial score (nSPS) is 11.3. The number of nitrogens with one attached hydrogen (secondary N) is 1. The first-order valence-electron chi connectivity index (χ1n) is 9.98. The lowest BCUT2D eigenvalue weighted by atomic mass is 10.0. The molecule has 0 saturated carbocycles. The van der Waals surface area contributed by atoms with Crippen molar-refractivity contribution < 1.29 is 29.0 Å². The summed E-state index contributed by atoms with van der Waals surface area (Å²) in [6.45, 7) is 1.67. The van der Waals surface area contributed by atoms with E-state index >= 15 is 0 Å². The number of amides is 1. The van der Waals surface area contributed by atoms with Crippen molar-refractivity contribution in [1.29, 1.82) is 0 Å².